The number of nitrogens with zero attached hydrogens (tertiary/aromatic N) is 3. The van der Waals surface area contributed by atoms with E-state index in [2.05, 4.69) is 10.5 Å². The van der Waals surface area contributed by atoms with Crippen LogP contribution in [0.4, 0.5) is 0 Å². The lowest BCUT2D eigenvalue weighted by Gasteiger charge is -2.39. The Bertz CT molecular complexity index is 1510. The van der Waals surface area contributed by atoms with Gasteiger partial charge in [0.25, 0.3) is 5.91 Å². The van der Waals surface area contributed by atoms with Gasteiger partial charge >= 0.3 is 5.97 Å². The number of esters is 1. The van der Waals surface area contributed by atoms with Gasteiger partial charge in [0, 0.05) is 23.7 Å². The first-order valence-electron chi connectivity index (χ1n) is 12.8. The molecular formula is C30H28Cl2N4O4. The lowest BCUT2D eigenvalue weighted by Crippen LogP contribution is -2.53. The zero-order valence-electron chi connectivity index (χ0n) is 22.1. The molecule has 0 atom stereocenters. The van der Waals surface area contributed by atoms with Crippen LogP contribution in [-0.4, -0.2) is 54.0 Å². The number of carbonyl (C=O) groups excluding carboxylic acids is 2. The number of hydrogen-bond donors (Lipinski definition) is 1. The van der Waals surface area contributed by atoms with E-state index < -0.39 is 11.3 Å². The van der Waals surface area contributed by atoms with Crippen molar-refractivity contribution < 1.29 is 19.1 Å². The molecule has 1 N–H and O–H groups in total. The maximum absolute atomic E-state index is 13.6. The molecule has 206 valence electrons. The van der Waals surface area contributed by atoms with Gasteiger partial charge in [0.05, 0.1) is 30.3 Å². The maximum Gasteiger partial charge on any atom is 0.316 e. The second-order valence-corrected chi connectivity index (χ2v) is 10.3. The number of benzene rings is 3. The standard InChI is InChI=1S/C30H28Cl2N4O4/c1-39-27-25(33-36(24-11-7-6-10-23(24)32)26(27)20-12-14-22(31)15-13-20)28(37)34-35-18-16-30(17-19-35,29(38)40-2)21-8-4-3-5-9-21/h3-15H,16-19H2,1-2H3,(H,34,37). The van der Waals surface area contributed by atoms with Gasteiger partial charge in [0.15, 0.2) is 11.4 Å². The predicted molar refractivity (Wildman–Crippen MR) is 154 cm³/mol. The molecule has 0 unspecified atom stereocenters. The molecule has 0 radical (unpaired) electrons. The van der Waals surface area contributed by atoms with E-state index in [-0.39, 0.29) is 11.7 Å². The van der Waals surface area contributed by atoms with Crippen molar-refractivity contribution in [3.05, 3.63) is 100 Å². The number of rotatable bonds is 7. The van der Waals surface area contributed by atoms with Crippen molar-refractivity contribution in [3.8, 4) is 22.7 Å². The Kier molecular flexibility index (Phi) is 8.12. The molecule has 1 aromatic heterocycles. The third-order valence-electron chi connectivity index (χ3n) is 7.24. The Morgan fingerprint density at radius 2 is 1.55 bits per heavy atom. The number of para-hydroxylation sites is 1. The molecular weight excluding hydrogens is 551 g/mol. The van der Waals surface area contributed by atoms with Crippen molar-refractivity contribution in [1.82, 2.24) is 20.2 Å². The molecule has 2 heterocycles. The van der Waals surface area contributed by atoms with Crippen LogP contribution < -0.4 is 10.2 Å². The van der Waals surface area contributed by atoms with E-state index in [1.807, 2.05) is 60.7 Å². The van der Waals surface area contributed by atoms with Gasteiger partial charge in [-0.15, -0.1) is 0 Å². The number of hydrazine groups is 1. The van der Waals surface area contributed by atoms with Crippen LogP contribution in [-0.2, 0) is 14.9 Å². The van der Waals surface area contributed by atoms with E-state index in [4.69, 9.17) is 32.7 Å². The third-order valence-corrected chi connectivity index (χ3v) is 7.81. The van der Waals surface area contributed by atoms with Crippen LogP contribution in [0, 0.1) is 0 Å². The van der Waals surface area contributed by atoms with Crippen molar-refractivity contribution in [3.63, 3.8) is 0 Å². The minimum Gasteiger partial charge on any atom is -0.492 e. The molecule has 1 fully saturated rings. The Morgan fingerprint density at radius 3 is 2.17 bits per heavy atom. The highest BCUT2D eigenvalue weighted by atomic mass is 35.5. The number of carbonyl (C=O) groups is 2. The highest BCUT2D eigenvalue weighted by Gasteiger charge is 2.44. The molecule has 0 saturated carbocycles. The molecule has 1 aliphatic heterocycles. The van der Waals surface area contributed by atoms with Crippen molar-refractivity contribution >= 4 is 35.1 Å². The Hall–Kier alpha value is -3.85. The molecule has 5 rings (SSSR count). The van der Waals surface area contributed by atoms with E-state index in [1.165, 1.54) is 14.2 Å². The van der Waals surface area contributed by atoms with Crippen LogP contribution in [0.15, 0.2) is 78.9 Å². The number of ether oxygens (including phenoxy) is 2. The van der Waals surface area contributed by atoms with Gasteiger partial charge in [-0.25, -0.2) is 9.69 Å². The van der Waals surface area contributed by atoms with Gasteiger partial charge in [-0.3, -0.25) is 15.0 Å². The lowest BCUT2D eigenvalue weighted by atomic mass is 9.73. The molecule has 4 aromatic rings. The van der Waals surface area contributed by atoms with Gasteiger partial charge in [-0.05, 0) is 42.7 Å². The molecule has 1 aliphatic rings. The van der Waals surface area contributed by atoms with Gasteiger partial charge < -0.3 is 9.47 Å². The zero-order chi connectivity index (χ0) is 28.3. The Morgan fingerprint density at radius 1 is 0.900 bits per heavy atom. The normalized spacial score (nSPS) is 14.9. The molecule has 1 saturated heterocycles. The van der Waals surface area contributed by atoms with Crippen molar-refractivity contribution in [1.29, 1.82) is 0 Å². The highest BCUT2D eigenvalue weighted by Crippen LogP contribution is 2.39. The van der Waals surface area contributed by atoms with Crippen LogP contribution in [0.1, 0.15) is 28.9 Å². The highest BCUT2D eigenvalue weighted by molar-refractivity contribution is 6.32. The molecule has 3 aromatic carbocycles. The Labute approximate surface area is 242 Å². The molecule has 1 amide bonds. The van der Waals surface area contributed by atoms with Gasteiger partial charge in [0.1, 0.15) is 5.69 Å². The second kappa shape index (κ2) is 11.7. The van der Waals surface area contributed by atoms with Gasteiger partial charge in [-0.2, -0.15) is 5.10 Å². The SMILES string of the molecule is COC(=O)C1(c2ccccc2)CCN(NC(=O)c2nn(-c3ccccc3Cl)c(-c3ccc(Cl)cc3)c2OC)CC1. The zero-order valence-corrected chi connectivity index (χ0v) is 23.6. The largest absolute Gasteiger partial charge is 0.492 e. The minimum atomic E-state index is -0.775. The second-order valence-electron chi connectivity index (χ2n) is 9.47. The fourth-order valence-electron chi connectivity index (χ4n) is 5.16. The number of aromatic nitrogens is 2. The summed E-state index contributed by atoms with van der Waals surface area (Å²) in [6.45, 7) is 0.876. The molecule has 10 heteroatoms. The summed E-state index contributed by atoms with van der Waals surface area (Å²) in [6.07, 6.45) is 0.955. The van der Waals surface area contributed by atoms with E-state index >= 15 is 0 Å². The smallest absolute Gasteiger partial charge is 0.316 e. The molecule has 0 bridgehead atoms. The molecule has 40 heavy (non-hydrogen) atoms. The number of methoxy groups -OCH3 is 2. The van der Waals surface area contributed by atoms with Crippen LogP contribution in [0.3, 0.4) is 0 Å². The van der Waals surface area contributed by atoms with E-state index in [1.54, 1.807) is 27.9 Å². The van der Waals surface area contributed by atoms with Crippen LogP contribution >= 0.6 is 23.2 Å². The topological polar surface area (TPSA) is 85.7 Å². The summed E-state index contributed by atoms with van der Waals surface area (Å²) in [7, 11) is 2.90. The summed E-state index contributed by atoms with van der Waals surface area (Å²) < 4.78 is 12.5. The summed E-state index contributed by atoms with van der Waals surface area (Å²) in [6, 6.07) is 24.0. The molecule has 8 nitrogen and oxygen atoms in total. The monoisotopic (exact) mass is 578 g/mol. The number of hydrogen-bond acceptors (Lipinski definition) is 6. The lowest BCUT2D eigenvalue weighted by molar-refractivity contribution is -0.150. The summed E-state index contributed by atoms with van der Waals surface area (Å²) in [4.78, 5) is 26.5. The summed E-state index contributed by atoms with van der Waals surface area (Å²) >= 11 is 12.7. The first kappa shape index (κ1) is 27.7. The average molecular weight is 579 g/mol. The van der Waals surface area contributed by atoms with Crippen LogP contribution in [0.25, 0.3) is 16.9 Å². The summed E-state index contributed by atoms with van der Waals surface area (Å²) in [5.41, 5.74) is 5.08. The number of halogens is 2. The molecule has 0 aliphatic carbocycles. The van der Waals surface area contributed by atoms with Crippen molar-refractivity contribution in [2.45, 2.75) is 18.3 Å². The average Bonchev–Trinajstić information content (AvgIpc) is 3.38. The number of nitrogens with one attached hydrogen (secondary N) is 1. The van der Waals surface area contributed by atoms with E-state index in [0.717, 1.165) is 11.1 Å². The Balaban J connectivity index is 1.45. The first-order valence-corrected chi connectivity index (χ1v) is 13.5. The van der Waals surface area contributed by atoms with Crippen molar-refractivity contribution in [2.75, 3.05) is 27.3 Å². The maximum atomic E-state index is 13.6. The van der Waals surface area contributed by atoms with Gasteiger partial charge in [-0.1, -0.05) is 77.8 Å². The van der Waals surface area contributed by atoms with Crippen molar-refractivity contribution in [2.24, 2.45) is 0 Å². The fraction of sp³-hybridized carbons (Fsp3) is 0.233. The third kappa shape index (κ3) is 5.18. The first-order chi connectivity index (χ1) is 19.4. The van der Waals surface area contributed by atoms with Crippen LogP contribution in [0.2, 0.25) is 10.0 Å². The fourth-order valence-corrected chi connectivity index (χ4v) is 5.51. The minimum absolute atomic E-state index is 0.0974. The summed E-state index contributed by atoms with van der Waals surface area (Å²) in [5, 5.41) is 7.49. The number of piperidine rings is 1. The van der Waals surface area contributed by atoms with Gasteiger partial charge in [0.2, 0.25) is 0 Å². The van der Waals surface area contributed by atoms with Crippen LogP contribution in [0.5, 0.6) is 5.75 Å². The van der Waals surface area contributed by atoms with E-state index in [9.17, 15) is 9.59 Å². The molecule has 0 spiro atoms. The predicted octanol–water partition coefficient (Wildman–Crippen LogP) is 5.71. The number of amides is 1. The quantitative estimate of drug-likeness (QED) is 0.283. The summed E-state index contributed by atoms with van der Waals surface area (Å²) in [5.74, 6) is -0.425. The van der Waals surface area contributed by atoms with E-state index in [0.29, 0.717) is 53.1 Å².